The zero-order valence-electron chi connectivity index (χ0n) is 15.9. The van der Waals surface area contributed by atoms with Gasteiger partial charge in [0.25, 0.3) is 0 Å². The van der Waals surface area contributed by atoms with Crippen molar-refractivity contribution in [3.05, 3.63) is 66.6 Å². The molecule has 0 spiro atoms. The quantitative estimate of drug-likeness (QED) is 0.326. The Balaban J connectivity index is 1.34. The average molecular weight is 433 g/mol. The fraction of sp³-hybridized carbons (Fsp3) is 0.0952. The fourth-order valence-corrected chi connectivity index (χ4v) is 4.77. The highest BCUT2D eigenvalue weighted by atomic mass is 32.2. The van der Waals surface area contributed by atoms with Crippen LogP contribution in [0.4, 0.5) is 5.13 Å². The molecule has 0 unspecified atom stereocenters. The lowest BCUT2D eigenvalue weighted by Crippen LogP contribution is -2.13. The number of aromatic nitrogens is 5. The van der Waals surface area contributed by atoms with Crippen molar-refractivity contribution in [2.24, 2.45) is 0 Å². The molecule has 148 valence electrons. The minimum Gasteiger partial charge on any atom is -0.301 e. The highest BCUT2D eigenvalue weighted by molar-refractivity contribution is 8.00. The number of aryl methyl sites for hydroxylation is 1. The number of amides is 1. The van der Waals surface area contributed by atoms with Gasteiger partial charge < -0.3 is 5.32 Å². The van der Waals surface area contributed by atoms with Crippen LogP contribution in [0.25, 0.3) is 26.9 Å². The van der Waals surface area contributed by atoms with E-state index in [0.29, 0.717) is 10.8 Å². The van der Waals surface area contributed by atoms with E-state index in [0.717, 1.165) is 31.9 Å². The summed E-state index contributed by atoms with van der Waals surface area (Å²) in [7, 11) is 0. The number of hydrogen-bond acceptors (Lipinski definition) is 7. The van der Waals surface area contributed by atoms with Crippen LogP contribution < -0.4 is 5.32 Å². The van der Waals surface area contributed by atoms with E-state index in [2.05, 4.69) is 25.4 Å². The first kappa shape index (κ1) is 18.7. The molecular weight excluding hydrogens is 416 g/mol. The molecule has 9 heteroatoms. The minimum absolute atomic E-state index is 0.128. The Morgan fingerprint density at radius 1 is 1.13 bits per heavy atom. The van der Waals surface area contributed by atoms with Gasteiger partial charge >= 0.3 is 0 Å². The Kier molecular flexibility index (Phi) is 4.89. The third-order valence-corrected chi connectivity index (χ3v) is 6.51. The van der Waals surface area contributed by atoms with Gasteiger partial charge in [-0.15, -0.1) is 0 Å². The van der Waals surface area contributed by atoms with Crippen LogP contribution in [-0.2, 0) is 4.79 Å². The predicted octanol–water partition coefficient (Wildman–Crippen LogP) is 4.46. The van der Waals surface area contributed by atoms with Crippen molar-refractivity contribution in [3.8, 4) is 5.69 Å². The number of thiazole rings is 1. The number of fused-ring (bicyclic) bond motifs is 2. The first-order valence-corrected chi connectivity index (χ1v) is 11.0. The summed E-state index contributed by atoms with van der Waals surface area (Å²) in [5.41, 5.74) is 3.67. The first-order valence-electron chi connectivity index (χ1n) is 9.22. The highest BCUT2D eigenvalue weighted by Crippen LogP contribution is 2.28. The average Bonchev–Trinajstić information content (AvgIpc) is 3.36. The second-order valence-corrected chi connectivity index (χ2v) is 8.58. The fourth-order valence-electron chi connectivity index (χ4n) is 3.13. The molecule has 0 radical (unpaired) electrons. The molecule has 1 N–H and O–H groups in total. The molecular formula is C21H16N6OS2. The molecule has 0 bridgehead atoms. The van der Waals surface area contributed by atoms with Gasteiger partial charge in [0.15, 0.2) is 10.8 Å². The summed E-state index contributed by atoms with van der Waals surface area (Å²) in [4.78, 5) is 25.6. The van der Waals surface area contributed by atoms with E-state index in [4.69, 9.17) is 0 Å². The van der Waals surface area contributed by atoms with Crippen LogP contribution in [0.15, 0.2) is 66.1 Å². The number of hydrogen-bond donors (Lipinski definition) is 1. The Hall–Kier alpha value is -3.30. The molecule has 0 aliphatic carbocycles. The molecule has 30 heavy (non-hydrogen) atoms. The SMILES string of the molecule is Cc1ccccc1-n1ncc2c(SCC(=O)Nc3nc4ccccc4s3)ncnc21. The molecule has 0 aliphatic rings. The molecule has 3 heterocycles. The standard InChI is InChI=1S/C21H16N6OS2/c1-13-6-2-4-8-16(13)27-19-14(10-24-27)20(23-12-22-19)29-11-18(28)26-21-25-15-7-3-5-9-17(15)30-21/h2-10,12H,11H2,1H3,(H,25,26,28). The molecule has 7 nitrogen and oxygen atoms in total. The van der Waals surface area contributed by atoms with Crippen molar-refractivity contribution >= 4 is 55.4 Å². The number of para-hydroxylation sites is 2. The van der Waals surface area contributed by atoms with Crippen LogP contribution >= 0.6 is 23.1 Å². The summed E-state index contributed by atoms with van der Waals surface area (Å²) in [6.45, 7) is 2.03. The van der Waals surface area contributed by atoms with E-state index in [-0.39, 0.29) is 11.7 Å². The van der Waals surface area contributed by atoms with Gasteiger partial charge in [-0.25, -0.2) is 19.6 Å². The molecule has 0 atom stereocenters. The zero-order valence-corrected chi connectivity index (χ0v) is 17.6. The van der Waals surface area contributed by atoms with Crippen molar-refractivity contribution in [2.75, 3.05) is 11.1 Å². The number of nitrogens with zero attached hydrogens (tertiary/aromatic N) is 5. The zero-order chi connectivity index (χ0) is 20.5. The molecule has 5 aromatic rings. The van der Waals surface area contributed by atoms with E-state index in [1.807, 2.05) is 55.5 Å². The smallest absolute Gasteiger partial charge is 0.236 e. The number of thioether (sulfide) groups is 1. The van der Waals surface area contributed by atoms with Gasteiger partial charge in [0, 0.05) is 0 Å². The molecule has 0 aliphatic heterocycles. The van der Waals surface area contributed by atoms with Crippen LogP contribution in [0.5, 0.6) is 0 Å². The van der Waals surface area contributed by atoms with Crippen LogP contribution in [0.3, 0.4) is 0 Å². The van der Waals surface area contributed by atoms with Gasteiger partial charge in [-0.3, -0.25) is 4.79 Å². The molecule has 1 amide bonds. The molecule has 2 aromatic carbocycles. The normalized spacial score (nSPS) is 11.2. The minimum atomic E-state index is -0.128. The van der Waals surface area contributed by atoms with Gasteiger partial charge in [0.05, 0.1) is 33.2 Å². The Labute approximate surface area is 180 Å². The number of benzene rings is 2. The maximum atomic E-state index is 12.4. The monoisotopic (exact) mass is 432 g/mol. The van der Waals surface area contributed by atoms with E-state index in [9.17, 15) is 4.79 Å². The van der Waals surface area contributed by atoms with Crippen molar-refractivity contribution in [2.45, 2.75) is 11.9 Å². The maximum absolute atomic E-state index is 12.4. The van der Waals surface area contributed by atoms with Crippen LogP contribution in [0.2, 0.25) is 0 Å². The number of rotatable bonds is 5. The summed E-state index contributed by atoms with van der Waals surface area (Å²) in [6.07, 6.45) is 3.25. The van der Waals surface area contributed by atoms with E-state index < -0.39 is 0 Å². The van der Waals surface area contributed by atoms with Gasteiger partial charge in [-0.05, 0) is 30.7 Å². The number of carbonyl (C=O) groups excluding carboxylic acids is 1. The summed E-state index contributed by atoms with van der Waals surface area (Å²) >= 11 is 2.82. The predicted molar refractivity (Wildman–Crippen MR) is 120 cm³/mol. The lowest BCUT2D eigenvalue weighted by atomic mass is 10.2. The van der Waals surface area contributed by atoms with E-state index in [1.165, 1.54) is 29.4 Å². The maximum Gasteiger partial charge on any atom is 0.236 e. The van der Waals surface area contributed by atoms with Crippen molar-refractivity contribution < 1.29 is 4.79 Å². The van der Waals surface area contributed by atoms with Gasteiger partial charge in [-0.2, -0.15) is 5.10 Å². The Morgan fingerprint density at radius 3 is 2.83 bits per heavy atom. The first-order chi connectivity index (χ1) is 14.7. The third-order valence-electron chi connectivity index (χ3n) is 4.55. The molecule has 0 saturated carbocycles. The van der Waals surface area contributed by atoms with Crippen LogP contribution in [0.1, 0.15) is 5.56 Å². The van der Waals surface area contributed by atoms with Crippen molar-refractivity contribution in [1.82, 2.24) is 24.7 Å². The van der Waals surface area contributed by atoms with E-state index in [1.54, 1.807) is 10.9 Å². The highest BCUT2D eigenvalue weighted by Gasteiger charge is 2.14. The Morgan fingerprint density at radius 2 is 1.97 bits per heavy atom. The topological polar surface area (TPSA) is 85.6 Å². The van der Waals surface area contributed by atoms with Crippen molar-refractivity contribution in [3.63, 3.8) is 0 Å². The summed E-state index contributed by atoms with van der Waals surface area (Å²) < 4.78 is 2.85. The van der Waals surface area contributed by atoms with Crippen LogP contribution in [0, 0.1) is 6.92 Å². The van der Waals surface area contributed by atoms with Gasteiger partial charge in [0.1, 0.15) is 11.4 Å². The number of anilines is 1. The summed E-state index contributed by atoms with van der Waals surface area (Å²) in [5, 5.41) is 9.51. The Bertz CT molecular complexity index is 1340. The lowest BCUT2D eigenvalue weighted by Gasteiger charge is -2.06. The lowest BCUT2D eigenvalue weighted by molar-refractivity contribution is -0.113. The molecule has 0 saturated heterocycles. The largest absolute Gasteiger partial charge is 0.301 e. The van der Waals surface area contributed by atoms with Crippen LogP contribution in [-0.4, -0.2) is 36.4 Å². The van der Waals surface area contributed by atoms with Crippen molar-refractivity contribution in [1.29, 1.82) is 0 Å². The van der Waals surface area contributed by atoms with Gasteiger partial charge in [0.2, 0.25) is 5.91 Å². The third kappa shape index (κ3) is 3.53. The summed E-state index contributed by atoms with van der Waals surface area (Å²) in [5.74, 6) is 0.0922. The molecule has 3 aromatic heterocycles. The number of carbonyl (C=O) groups is 1. The second-order valence-electron chi connectivity index (χ2n) is 6.58. The molecule has 0 fully saturated rings. The van der Waals surface area contributed by atoms with Gasteiger partial charge in [-0.1, -0.05) is 53.4 Å². The van der Waals surface area contributed by atoms with E-state index >= 15 is 0 Å². The molecule has 5 rings (SSSR count). The summed E-state index contributed by atoms with van der Waals surface area (Å²) in [6, 6.07) is 15.8. The second kappa shape index (κ2) is 7.85. The number of nitrogens with one attached hydrogen (secondary N) is 1.